The second kappa shape index (κ2) is 11.0. The molecule has 0 bridgehead atoms. The normalized spacial score (nSPS) is 24.9. The highest BCUT2D eigenvalue weighted by molar-refractivity contribution is 6.02. The van der Waals surface area contributed by atoms with Gasteiger partial charge in [0, 0.05) is 31.7 Å². The minimum atomic E-state index is -0.905. The van der Waals surface area contributed by atoms with Crippen molar-refractivity contribution in [1.82, 2.24) is 19.9 Å². The Morgan fingerprint density at radius 3 is 2.87 bits per heavy atom. The molecule has 8 rings (SSSR count). The topological polar surface area (TPSA) is 83.8 Å². The molecule has 2 aromatic carbocycles. The fourth-order valence-corrected chi connectivity index (χ4v) is 8.17. The summed E-state index contributed by atoms with van der Waals surface area (Å²) in [6, 6.07) is 6.00. The van der Waals surface area contributed by atoms with Gasteiger partial charge in [-0.1, -0.05) is 13.0 Å². The Morgan fingerprint density at radius 1 is 1.11 bits per heavy atom. The van der Waals surface area contributed by atoms with E-state index in [9.17, 15) is 9.50 Å². The number of pyridine rings is 1. The van der Waals surface area contributed by atoms with Gasteiger partial charge in [-0.3, -0.25) is 4.90 Å². The summed E-state index contributed by atoms with van der Waals surface area (Å²) >= 11 is 0. The fraction of sp³-hybridized carbons (Fsp3) is 0.500. The molecule has 2 aromatic heterocycles. The number of rotatable bonds is 5. The molecule has 236 valence electrons. The number of benzene rings is 2. The Hall–Kier alpha value is -3.70. The van der Waals surface area contributed by atoms with Crippen LogP contribution in [0.2, 0.25) is 0 Å². The molecule has 0 unspecified atom stereocenters. The summed E-state index contributed by atoms with van der Waals surface area (Å²) in [4.78, 5) is 18.8. The maximum atomic E-state index is 17.0. The molecule has 6 heterocycles. The lowest BCUT2D eigenvalue weighted by Gasteiger charge is -2.31. The monoisotopic (exact) mass is 619 g/mol. The molecular weight excluding hydrogens is 583 g/mol. The molecule has 4 aromatic rings. The van der Waals surface area contributed by atoms with E-state index in [2.05, 4.69) is 14.8 Å². The number of aromatic nitrogens is 3. The number of alkyl halides is 1. The van der Waals surface area contributed by atoms with Crippen molar-refractivity contribution in [2.45, 2.75) is 69.6 Å². The molecule has 0 aliphatic carbocycles. The van der Waals surface area contributed by atoms with Crippen LogP contribution in [-0.4, -0.2) is 82.2 Å². The minimum absolute atomic E-state index is 0.000676. The number of hydrogen-bond donors (Lipinski definition) is 1. The summed E-state index contributed by atoms with van der Waals surface area (Å²) in [6.45, 7) is 5.10. The summed E-state index contributed by atoms with van der Waals surface area (Å²) in [5.74, 6) is -0.588. The summed E-state index contributed by atoms with van der Waals surface area (Å²) in [5, 5.41) is 12.3. The zero-order valence-electron chi connectivity index (χ0n) is 25.3. The van der Waals surface area contributed by atoms with Gasteiger partial charge in [0.25, 0.3) is 0 Å². The van der Waals surface area contributed by atoms with Gasteiger partial charge >= 0.3 is 6.01 Å². The van der Waals surface area contributed by atoms with E-state index in [1.807, 2.05) is 6.92 Å². The fourth-order valence-electron chi connectivity index (χ4n) is 8.17. The number of hydrogen-bond acceptors (Lipinski definition) is 8. The molecule has 1 N–H and O–H groups in total. The second-order valence-corrected chi connectivity index (χ2v) is 12.9. The van der Waals surface area contributed by atoms with E-state index in [1.165, 1.54) is 12.1 Å². The molecule has 0 saturated carbocycles. The summed E-state index contributed by atoms with van der Waals surface area (Å²) in [5.41, 5.74) is 1.03. The molecule has 0 amide bonds. The summed E-state index contributed by atoms with van der Waals surface area (Å²) < 4.78 is 58.8. The van der Waals surface area contributed by atoms with Crippen LogP contribution in [-0.2, 0) is 17.6 Å². The molecule has 8 nitrogen and oxygen atoms in total. The molecule has 45 heavy (non-hydrogen) atoms. The number of ether oxygens (including phenoxy) is 2. The standard InChI is InChI=1S/C34H36F3N5O3/c1-2-23-25(36)7-5-19-13-22(43)14-24(27(19)23)30-29(37)31-28-26(38-30)8-6-21-17-44-12-4-11-42(21)32(28)40-33(39-31)45-18-34-9-3-10-41(34)16-20(35)15-34/h5,7,13-14,20-21,43H,2-4,6,8-12,15-18H2,1H3/t20-,21+,34+/m1/s1. The maximum absolute atomic E-state index is 17.0. The van der Waals surface area contributed by atoms with Gasteiger partial charge < -0.3 is 19.5 Å². The van der Waals surface area contributed by atoms with Crippen LogP contribution in [0.15, 0.2) is 24.3 Å². The van der Waals surface area contributed by atoms with Crippen molar-refractivity contribution in [2.24, 2.45) is 0 Å². The van der Waals surface area contributed by atoms with Crippen LogP contribution in [0.3, 0.4) is 0 Å². The average Bonchev–Trinajstić information content (AvgIpc) is 3.38. The first-order chi connectivity index (χ1) is 21.8. The summed E-state index contributed by atoms with van der Waals surface area (Å²) in [7, 11) is 0. The van der Waals surface area contributed by atoms with Gasteiger partial charge in [-0.05, 0) is 79.6 Å². The SMILES string of the molecule is CCc1c(F)ccc2cc(O)cc(-c3nc4c5c(nc(OC[C@@]67CCCN6C[C@H](F)C7)nc5c3F)N3CCCOC[C@@H]3CC4)c12. The molecule has 0 spiro atoms. The molecule has 3 atom stereocenters. The minimum Gasteiger partial charge on any atom is -0.508 e. The van der Waals surface area contributed by atoms with Crippen molar-refractivity contribution < 1.29 is 27.8 Å². The largest absolute Gasteiger partial charge is 0.508 e. The first kappa shape index (κ1) is 28.8. The second-order valence-electron chi connectivity index (χ2n) is 12.9. The number of phenolic OH excluding ortho intramolecular Hbond substituents is 1. The molecule has 11 heteroatoms. The van der Waals surface area contributed by atoms with Gasteiger partial charge in [0.05, 0.1) is 29.3 Å². The van der Waals surface area contributed by atoms with Crippen molar-refractivity contribution in [3.05, 3.63) is 47.2 Å². The third-order valence-electron chi connectivity index (χ3n) is 10.2. The number of fused-ring (bicyclic) bond motifs is 4. The van der Waals surface area contributed by atoms with Crippen LogP contribution >= 0.6 is 0 Å². The highest BCUT2D eigenvalue weighted by Gasteiger charge is 2.49. The Bertz CT molecular complexity index is 1820. The molecule has 0 radical (unpaired) electrons. The lowest BCUT2D eigenvalue weighted by Crippen LogP contribution is -2.43. The zero-order valence-corrected chi connectivity index (χ0v) is 25.3. The Balaban J connectivity index is 1.33. The van der Waals surface area contributed by atoms with Crippen LogP contribution in [0.25, 0.3) is 32.9 Å². The Kier molecular flexibility index (Phi) is 7.01. The molecule has 3 fully saturated rings. The lowest BCUT2D eigenvalue weighted by molar-refractivity contribution is 0.107. The zero-order chi connectivity index (χ0) is 30.9. The van der Waals surface area contributed by atoms with Crippen molar-refractivity contribution in [3.63, 3.8) is 0 Å². The Labute approximate surface area is 259 Å². The van der Waals surface area contributed by atoms with Crippen molar-refractivity contribution in [2.75, 3.05) is 44.4 Å². The molecular formula is C34H36F3N5O3. The molecule has 4 aliphatic rings. The van der Waals surface area contributed by atoms with E-state index in [0.717, 1.165) is 25.8 Å². The Morgan fingerprint density at radius 2 is 2.00 bits per heavy atom. The van der Waals surface area contributed by atoms with Crippen LogP contribution < -0.4 is 9.64 Å². The van der Waals surface area contributed by atoms with Gasteiger partial charge in [0.1, 0.15) is 41.4 Å². The van der Waals surface area contributed by atoms with E-state index in [0.29, 0.717) is 90.8 Å². The number of aryl methyl sites for hydroxylation is 2. The maximum Gasteiger partial charge on any atom is 0.319 e. The van der Waals surface area contributed by atoms with Gasteiger partial charge in [0.2, 0.25) is 0 Å². The van der Waals surface area contributed by atoms with Gasteiger partial charge in [0.15, 0.2) is 5.82 Å². The highest BCUT2D eigenvalue weighted by Crippen LogP contribution is 2.43. The highest BCUT2D eigenvalue weighted by atomic mass is 19.1. The predicted octanol–water partition coefficient (Wildman–Crippen LogP) is 5.89. The average molecular weight is 620 g/mol. The van der Waals surface area contributed by atoms with Gasteiger partial charge in [-0.2, -0.15) is 9.97 Å². The number of aromatic hydroxyl groups is 1. The van der Waals surface area contributed by atoms with E-state index in [-0.39, 0.29) is 35.6 Å². The number of anilines is 1. The first-order valence-electron chi connectivity index (χ1n) is 16.1. The predicted molar refractivity (Wildman–Crippen MR) is 165 cm³/mol. The molecule has 3 saturated heterocycles. The number of halogens is 3. The summed E-state index contributed by atoms with van der Waals surface area (Å²) in [6.07, 6.45) is 3.70. The number of nitrogens with zero attached hydrogens (tertiary/aromatic N) is 5. The third-order valence-corrected chi connectivity index (χ3v) is 10.2. The third kappa shape index (κ3) is 4.69. The lowest BCUT2D eigenvalue weighted by atomic mass is 9.94. The quantitative estimate of drug-likeness (QED) is 0.296. The van der Waals surface area contributed by atoms with Crippen LogP contribution in [0.5, 0.6) is 11.8 Å². The number of phenols is 1. The van der Waals surface area contributed by atoms with E-state index < -0.39 is 23.3 Å². The van der Waals surface area contributed by atoms with E-state index in [4.69, 9.17) is 19.4 Å². The van der Waals surface area contributed by atoms with Crippen molar-refractivity contribution in [3.8, 4) is 23.0 Å². The van der Waals surface area contributed by atoms with Crippen LogP contribution in [0.4, 0.5) is 19.0 Å². The first-order valence-corrected chi connectivity index (χ1v) is 16.1. The van der Waals surface area contributed by atoms with Gasteiger partial charge in [-0.25, -0.2) is 18.2 Å². The molecule has 4 aliphatic heterocycles. The van der Waals surface area contributed by atoms with E-state index >= 15 is 8.78 Å². The van der Waals surface area contributed by atoms with Crippen molar-refractivity contribution in [1.29, 1.82) is 0 Å². The van der Waals surface area contributed by atoms with Crippen molar-refractivity contribution >= 4 is 27.5 Å². The van der Waals surface area contributed by atoms with Gasteiger partial charge in [-0.15, -0.1) is 0 Å². The van der Waals surface area contributed by atoms with E-state index in [1.54, 1.807) is 12.1 Å². The smallest absolute Gasteiger partial charge is 0.319 e. The van der Waals surface area contributed by atoms with Crippen LogP contribution in [0.1, 0.15) is 50.3 Å². The van der Waals surface area contributed by atoms with Crippen LogP contribution in [0, 0.1) is 11.6 Å².